The van der Waals surface area contributed by atoms with Crippen LogP contribution in [-0.4, -0.2) is 42.0 Å². The van der Waals surface area contributed by atoms with E-state index in [1.807, 2.05) is 13.8 Å². The number of nitrogens with one attached hydrogen (secondary N) is 2. The van der Waals surface area contributed by atoms with Crippen molar-refractivity contribution in [3.05, 3.63) is 29.3 Å². The van der Waals surface area contributed by atoms with E-state index in [1.54, 1.807) is 37.1 Å². The highest BCUT2D eigenvalue weighted by Crippen LogP contribution is 2.21. The van der Waals surface area contributed by atoms with Crippen LogP contribution in [0, 0.1) is 6.92 Å². The number of anilines is 1. The van der Waals surface area contributed by atoms with Gasteiger partial charge in [-0.15, -0.1) is 0 Å². The maximum absolute atomic E-state index is 12.9. The summed E-state index contributed by atoms with van der Waals surface area (Å²) in [6.07, 6.45) is 2.44. The number of thiocarbonyl (C=S) groups is 1. The third-order valence-electron chi connectivity index (χ3n) is 4.01. The molecule has 0 spiro atoms. The summed E-state index contributed by atoms with van der Waals surface area (Å²) in [4.78, 5) is 14.5. The van der Waals surface area contributed by atoms with Gasteiger partial charge in [-0.3, -0.25) is 19.0 Å². The number of hydrogen-bond acceptors (Lipinski definition) is 4. The lowest BCUT2D eigenvalue weighted by molar-refractivity contribution is -0.128. The molecule has 0 heterocycles. The number of hydrogen-bond donors (Lipinski definition) is 3. The summed E-state index contributed by atoms with van der Waals surface area (Å²) >= 11 is 5.31. The largest absolute Gasteiger partial charge is 0.365 e. The molecule has 146 valence electrons. The predicted octanol–water partition coefficient (Wildman–Crippen LogP) is 2.66. The van der Waals surface area contributed by atoms with E-state index >= 15 is 0 Å². The van der Waals surface area contributed by atoms with E-state index in [9.17, 15) is 13.2 Å². The average molecular weight is 402 g/mol. The highest BCUT2D eigenvalue weighted by atomic mass is 32.2. The summed E-state index contributed by atoms with van der Waals surface area (Å²) in [6.45, 7) is 5.83. The second-order valence-electron chi connectivity index (χ2n) is 6.08. The van der Waals surface area contributed by atoms with Gasteiger partial charge in [-0.1, -0.05) is 32.4 Å². The summed E-state index contributed by atoms with van der Waals surface area (Å²) in [5, 5.41) is 3.19. The number of benzene rings is 1. The normalized spacial score (nSPS) is 12.3. The Morgan fingerprint density at radius 2 is 2.00 bits per heavy atom. The van der Waals surface area contributed by atoms with Crippen molar-refractivity contribution in [3.8, 4) is 0 Å². The number of amides is 1. The third kappa shape index (κ3) is 6.54. The quantitative estimate of drug-likeness (QED) is 0.458. The van der Waals surface area contributed by atoms with Gasteiger partial charge in [0.1, 0.15) is 0 Å². The fourth-order valence-electron chi connectivity index (χ4n) is 2.78. The smallest absolute Gasteiger partial charge is 0.357 e. The zero-order chi connectivity index (χ0) is 19.9. The maximum atomic E-state index is 12.9. The highest BCUT2D eigenvalue weighted by Gasteiger charge is 2.26. The summed E-state index contributed by atoms with van der Waals surface area (Å²) in [5.41, 5.74) is 1.44. The minimum absolute atomic E-state index is 0.0316. The van der Waals surface area contributed by atoms with Gasteiger partial charge in [0, 0.05) is 13.1 Å². The van der Waals surface area contributed by atoms with Gasteiger partial charge in [0.15, 0.2) is 5.11 Å². The Morgan fingerprint density at radius 3 is 2.50 bits per heavy atom. The monoisotopic (exact) mass is 401 g/mol. The molecule has 1 aromatic carbocycles. The molecule has 0 fully saturated rings. The summed E-state index contributed by atoms with van der Waals surface area (Å²) in [7, 11) is -2.77. The van der Waals surface area contributed by atoms with Crippen molar-refractivity contribution in [1.29, 1.82) is 0 Å². The fourth-order valence-corrected chi connectivity index (χ4v) is 3.50. The molecule has 1 rings (SSSR count). The molecule has 0 aromatic heterocycles. The molecule has 0 radical (unpaired) electrons. The van der Waals surface area contributed by atoms with Gasteiger partial charge >= 0.3 is 10.3 Å². The van der Waals surface area contributed by atoms with Gasteiger partial charge in [0.2, 0.25) is 5.91 Å². The van der Waals surface area contributed by atoms with Gasteiger partial charge in [0.25, 0.3) is 0 Å². The Balaban J connectivity index is 3.18. The Kier molecular flexibility index (Phi) is 8.45. The predicted molar refractivity (Wildman–Crippen MR) is 108 cm³/mol. The maximum Gasteiger partial charge on any atom is 0.357 e. The Morgan fingerprint density at radius 1 is 1.35 bits per heavy atom. The van der Waals surface area contributed by atoms with Crippen LogP contribution in [0.4, 0.5) is 5.69 Å². The molecule has 7 nitrogen and oxygen atoms in total. The number of carbonyl (C=O) groups is 1. The van der Waals surface area contributed by atoms with Crippen LogP contribution >= 0.6 is 12.2 Å². The molecule has 1 amide bonds. The first-order chi connectivity index (χ1) is 12.1. The number of aryl methyl sites for hydroxylation is 1. The van der Waals surface area contributed by atoms with Gasteiger partial charge in [-0.2, -0.15) is 8.42 Å². The molecule has 3 N–H and O–H groups in total. The van der Waals surface area contributed by atoms with Crippen LogP contribution < -0.4 is 10.0 Å². The summed E-state index contributed by atoms with van der Waals surface area (Å²) < 4.78 is 33.5. The average Bonchev–Trinajstić information content (AvgIpc) is 2.55. The molecular formula is C17H27N3O4S2. The second kappa shape index (κ2) is 9.84. The molecule has 0 aliphatic heterocycles. The zero-order valence-corrected chi connectivity index (χ0v) is 17.2. The van der Waals surface area contributed by atoms with Crippen LogP contribution in [0.25, 0.3) is 0 Å². The van der Waals surface area contributed by atoms with Crippen molar-refractivity contribution in [1.82, 2.24) is 10.2 Å². The second-order valence-corrected chi connectivity index (χ2v) is 7.63. The molecule has 1 unspecified atom stereocenters. The van der Waals surface area contributed by atoms with Gasteiger partial charge in [-0.05, 0) is 49.2 Å². The van der Waals surface area contributed by atoms with Crippen LogP contribution in [0.15, 0.2) is 18.2 Å². The topological polar surface area (TPSA) is 98.7 Å². The van der Waals surface area contributed by atoms with E-state index in [4.69, 9.17) is 16.8 Å². The van der Waals surface area contributed by atoms with Crippen molar-refractivity contribution in [3.63, 3.8) is 0 Å². The van der Waals surface area contributed by atoms with Gasteiger partial charge in [-0.25, -0.2) is 0 Å². The van der Waals surface area contributed by atoms with Crippen LogP contribution in [0.2, 0.25) is 0 Å². The third-order valence-corrected chi connectivity index (χ3v) is 4.88. The lowest BCUT2D eigenvalue weighted by Crippen LogP contribution is -2.49. The van der Waals surface area contributed by atoms with Crippen LogP contribution in [0.5, 0.6) is 0 Å². The van der Waals surface area contributed by atoms with Crippen molar-refractivity contribution in [2.45, 2.75) is 52.5 Å². The Bertz CT molecular complexity index is 750. The molecule has 1 aromatic rings. The van der Waals surface area contributed by atoms with Crippen molar-refractivity contribution < 1.29 is 17.8 Å². The number of carbonyl (C=O) groups excluding carboxylic acids is 1. The minimum Gasteiger partial charge on any atom is -0.365 e. The Labute approximate surface area is 161 Å². The van der Waals surface area contributed by atoms with E-state index in [2.05, 4.69) is 10.0 Å². The van der Waals surface area contributed by atoms with Crippen molar-refractivity contribution in [2.75, 3.05) is 11.8 Å². The lowest BCUT2D eigenvalue weighted by atomic mass is 10.0. The molecule has 0 aliphatic rings. The number of nitrogens with zero attached hydrogens (tertiary/aromatic N) is 1. The van der Waals surface area contributed by atoms with Crippen LogP contribution in [-0.2, 0) is 21.5 Å². The molecular weight excluding hydrogens is 374 g/mol. The SMILES string of the molecule is CCCC(CC)N(C(=O)Cc1ccc(C)cc1NS(=O)(=O)O)C(=S)NC. The number of rotatable bonds is 8. The van der Waals surface area contributed by atoms with Gasteiger partial charge in [0.05, 0.1) is 12.1 Å². The summed E-state index contributed by atoms with van der Waals surface area (Å²) in [5.74, 6) is -0.230. The molecule has 0 aliphatic carbocycles. The molecule has 1 atom stereocenters. The van der Waals surface area contributed by atoms with E-state index in [0.717, 1.165) is 24.8 Å². The molecule has 0 saturated heterocycles. The zero-order valence-electron chi connectivity index (χ0n) is 15.6. The Hall–Kier alpha value is -1.71. The standard InChI is InChI=1S/C17H27N3O4S2/c1-5-7-14(6-2)20(17(25)18-4)16(21)11-13-9-8-12(3)10-15(13)19-26(22,23)24/h8-10,14,19H,5-7,11H2,1-4H3,(H,18,25)(H,22,23,24). The fraction of sp³-hybridized carbons (Fsp3) is 0.529. The van der Waals surface area contributed by atoms with Crippen LogP contribution in [0.3, 0.4) is 0 Å². The van der Waals surface area contributed by atoms with Crippen molar-refractivity contribution >= 4 is 39.2 Å². The highest BCUT2D eigenvalue weighted by molar-refractivity contribution is 7.87. The van der Waals surface area contributed by atoms with Gasteiger partial charge < -0.3 is 5.32 Å². The lowest BCUT2D eigenvalue weighted by Gasteiger charge is -2.31. The van der Waals surface area contributed by atoms with E-state index < -0.39 is 10.3 Å². The molecule has 0 saturated carbocycles. The molecule has 0 bridgehead atoms. The van der Waals surface area contributed by atoms with Crippen LogP contribution in [0.1, 0.15) is 44.2 Å². The first-order valence-corrected chi connectivity index (χ1v) is 10.4. The first-order valence-electron chi connectivity index (χ1n) is 8.51. The van der Waals surface area contributed by atoms with E-state index in [0.29, 0.717) is 10.7 Å². The minimum atomic E-state index is -4.44. The van der Waals surface area contributed by atoms with E-state index in [-0.39, 0.29) is 24.1 Å². The molecule has 9 heteroatoms. The van der Waals surface area contributed by atoms with E-state index in [1.165, 1.54) is 0 Å². The first kappa shape index (κ1) is 22.3. The molecule has 26 heavy (non-hydrogen) atoms. The summed E-state index contributed by atoms with van der Waals surface area (Å²) in [6, 6.07) is 4.99. The van der Waals surface area contributed by atoms with Crippen molar-refractivity contribution in [2.24, 2.45) is 0 Å².